The molecule has 0 aliphatic carbocycles. The number of alkyl halides is 3. The summed E-state index contributed by atoms with van der Waals surface area (Å²) in [5, 5.41) is 15.6. The third kappa shape index (κ3) is 3.33. The molecule has 5 nitrogen and oxygen atoms in total. The standard InChI is InChI=1S/C13H12F3N3O2/c1-2-19-7-9(6-17-19)18-8-3-4-10(12(20)21)11(5-8)13(14,15)16/h3-7,18H,2H2,1H3,(H,20,21). The fourth-order valence-corrected chi connectivity index (χ4v) is 1.81. The smallest absolute Gasteiger partial charge is 0.417 e. The molecule has 1 aromatic heterocycles. The molecular weight excluding hydrogens is 287 g/mol. The van der Waals surface area contributed by atoms with Gasteiger partial charge in [0.1, 0.15) is 0 Å². The third-order valence-corrected chi connectivity index (χ3v) is 2.80. The summed E-state index contributed by atoms with van der Waals surface area (Å²) in [6.45, 7) is 2.51. The van der Waals surface area contributed by atoms with E-state index in [-0.39, 0.29) is 5.69 Å². The van der Waals surface area contributed by atoms with Crippen molar-refractivity contribution < 1.29 is 23.1 Å². The second kappa shape index (κ2) is 5.47. The Bertz CT molecular complexity index is 665. The van der Waals surface area contributed by atoms with Crippen LogP contribution in [0.1, 0.15) is 22.8 Å². The number of benzene rings is 1. The molecule has 0 spiro atoms. The number of nitrogens with one attached hydrogen (secondary N) is 1. The molecule has 8 heteroatoms. The van der Waals surface area contributed by atoms with Gasteiger partial charge >= 0.3 is 12.1 Å². The van der Waals surface area contributed by atoms with Crippen molar-refractivity contribution in [2.24, 2.45) is 0 Å². The first-order valence-electron chi connectivity index (χ1n) is 6.05. The molecule has 0 aliphatic heterocycles. The normalized spacial score (nSPS) is 11.4. The van der Waals surface area contributed by atoms with E-state index in [2.05, 4.69) is 10.4 Å². The minimum atomic E-state index is -4.74. The van der Waals surface area contributed by atoms with Crippen LogP contribution in [0.15, 0.2) is 30.6 Å². The minimum Gasteiger partial charge on any atom is -0.478 e. The molecule has 1 heterocycles. The van der Waals surface area contributed by atoms with Crippen molar-refractivity contribution in [3.8, 4) is 0 Å². The molecule has 0 atom stereocenters. The summed E-state index contributed by atoms with van der Waals surface area (Å²) < 4.78 is 40.2. The predicted octanol–water partition coefficient (Wildman–Crippen LogP) is 3.36. The fraction of sp³-hybridized carbons (Fsp3) is 0.231. The van der Waals surface area contributed by atoms with Gasteiger partial charge in [0.2, 0.25) is 0 Å². The number of aromatic carboxylic acids is 1. The zero-order valence-corrected chi connectivity index (χ0v) is 11.0. The van der Waals surface area contributed by atoms with Gasteiger partial charge in [0.15, 0.2) is 0 Å². The van der Waals surface area contributed by atoms with Gasteiger partial charge in [0.05, 0.1) is 23.0 Å². The largest absolute Gasteiger partial charge is 0.478 e. The van der Waals surface area contributed by atoms with Crippen LogP contribution in [-0.2, 0) is 12.7 Å². The molecule has 2 N–H and O–H groups in total. The van der Waals surface area contributed by atoms with Crippen molar-refractivity contribution in [2.45, 2.75) is 19.6 Å². The van der Waals surface area contributed by atoms with Gasteiger partial charge < -0.3 is 10.4 Å². The molecule has 0 fully saturated rings. The number of halogens is 3. The van der Waals surface area contributed by atoms with Crippen molar-refractivity contribution in [1.29, 1.82) is 0 Å². The van der Waals surface area contributed by atoms with E-state index in [1.165, 1.54) is 12.3 Å². The van der Waals surface area contributed by atoms with E-state index in [4.69, 9.17) is 5.11 Å². The van der Waals surface area contributed by atoms with Gasteiger partial charge in [-0.25, -0.2) is 4.79 Å². The number of nitrogens with zero attached hydrogens (tertiary/aromatic N) is 2. The van der Waals surface area contributed by atoms with Crippen molar-refractivity contribution in [3.63, 3.8) is 0 Å². The van der Waals surface area contributed by atoms with E-state index < -0.39 is 23.3 Å². The van der Waals surface area contributed by atoms with E-state index in [1.807, 2.05) is 6.92 Å². The van der Waals surface area contributed by atoms with Gasteiger partial charge in [-0.3, -0.25) is 4.68 Å². The number of anilines is 2. The predicted molar refractivity (Wildman–Crippen MR) is 69.6 cm³/mol. The molecule has 0 radical (unpaired) electrons. The Hall–Kier alpha value is -2.51. The molecule has 0 unspecified atom stereocenters. The van der Waals surface area contributed by atoms with Gasteiger partial charge in [-0.1, -0.05) is 0 Å². The summed E-state index contributed by atoms with van der Waals surface area (Å²) in [7, 11) is 0. The van der Waals surface area contributed by atoms with Crippen LogP contribution in [0, 0.1) is 0 Å². The van der Waals surface area contributed by atoms with Crippen molar-refractivity contribution >= 4 is 17.3 Å². The van der Waals surface area contributed by atoms with Gasteiger partial charge in [-0.15, -0.1) is 0 Å². The maximum Gasteiger partial charge on any atom is 0.417 e. The third-order valence-electron chi connectivity index (χ3n) is 2.80. The first-order valence-corrected chi connectivity index (χ1v) is 6.05. The number of hydrogen-bond acceptors (Lipinski definition) is 3. The lowest BCUT2D eigenvalue weighted by atomic mass is 10.1. The SMILES string of the molecule is CCn1cc(Nc2ccc(C(=O)O)c(C(F)(F)F)c2)cn1. The molecule has 0 amide bonds. The molecule has 21 heavy (non-hydrogen) atoms. The van der Waals surface area contributed by atoms with Crippen LogP contribution in [0.2, 0.25) is 0 Å². The summed E-state index contributed by atoms with van der Waals surface area (Å²) >= 11 is 0. The number of hydrogen-bond donors (Lipinski definition) is 2. The van der Waals surface area contributed by atoms with Gasteiger partial charge in [-0.05, 0) is 25.1 Å². The Kier molecular flexibility index (Phi) is 3.88. The molecule has 1 aromatic carbocycles. The van der Waals surface area contributed by atoms with Crippen LogP contribution in [0.5, 0.6) is 0 Å². The van der Waals surface area contributed by atoms with Gasteiger partial charge in [0, 0.05) is 18.4 Å². The molecule has 112 valence electrons. The van der Waals surface area contributed by atoms with Crippen LogP contribution in [-0.4, -0.2) is 20.9 Å². The zero-order valence-electron chi connectivity index (χ0n) is 11.0. The molecule has 0 saturated heterocycles. The van der Waals surface area contributed by atoms with Gasteiger partial charge in [-0.2, -0.15) is 18.3 Å². The van der Waals surface area contributed by atoms with Crippen LogP contribution in [0.3, 0.4) is 0 Å². The average molecular weight is 299 g/mol. The minimum absolute atomic E-state index is 0.142. The monoisotopic (exact) mass is 299 g/mol. The second-order valence-electron chi connectivity index (χ2n) is 4.27. The average Bonchev–Trinajstić information content (AvgIpc) is 2.85. The van der Waals surface area contributed by atoms with Crippen LogP contribution >= 0.6 is 0 Å². The maximum absolute atomic E-state index is 12.9. The first-order chi connectivity index (χ1) is 9.81. The highest BCUT2D eigenvalue weighted by molar-refractivity contribution is 5.90. The Morgan fingerprint density at radius 3 is 2.62 bits per heavy atom. The Balaban J connectivity index is 2.35. The zero-order chi connectivity index (χ0) is 15.6. The number of aryl methyl sites for hydroxylation is 1. The Morgan fingerprint density at radius 1 is 1.38 bits per heavy atom. The quantitative estimate of drug-likeness (QED) is 0.908. The number of carboxylic acid groups (broad SMARTS) is 1. The summed E-state index contributed by atoms with van der Waals surface area (Å²) in [6.07, 6.45) is -1.63. The van der Waals surface area contributed by atoms with Gasteiger partial charge in [0.25, 0.3) is 0 Å². The summed E-state index contributed by atoms with van der Waals surface area (Å²) in [6, 6.07) is 2.98. The van der Waals surface area contributed by atoms with E-state index in [0.29, 0.717) is 12.2 Å². The molecule has 0 bridgehead atoms. The molecular formula is C13H12F3N3O2. The number of rotatable bonds is 4. The van der Waals surface area contributed by atoms with E-state index >= 15 is 0 Å². The fourth-order valence-electron chi connectivity index (χ4n) is 1.81. The topological polar surface area (TPSA) is 67.2 Å². The van der Waals surface area contributed by atoms with Crippen molar-refractivity contribution in [3.05, 3.63) is 41.7 Å². The molecule has 0 aliphatic rings. The molecule has 2 aromatic rings. The summed E-state index contributed by atoms with van der Waals surface area (Å²) in [5.74, 6) is -1.62. The number of aromatic nitrogens is 2. The number of carboxylic acids is 1. The molecule has 0 saturated carbocycles. The second-order valence-corrected chi connectivity index (χ2v) is 4.27. The molecule has 2 rings (SSSR count). The van der Waals surface area contributed by atoms with Crippen LogP contribution in [0.25, 0.3) is 0 Å². The lowest BCUT2D eigenvalue weighted by Gasteiger charge is -2.12. The van der Waals surface area contributed by atoms with Crippen LogP contribution in [0.4, 0.5) is 24.5 Å². The van der Waals surface area contributed by atoms with Crippen LogP contribution < -0.4 is 5.32 Å². The van der Waals surface area contributed by atoms with Crippen molar-refractivity contribution in [1.82, 2.24) is 9.78 Å². The highest BCUT2D eigenvalue weighted by Crippen LogP contribution is 2.34. The lowest BCUT2D eigenvalue weighted by Crippen LogP contribution is -2.13. The maximum atomic E-state index is 12.9. The Labute approximate surface area is 118 Å². The highest BCUT2D eigenvalue weighted by atomic mass is 19.4. The summed E-state index contributed by atoms with van der Waals surface area (Å²) in [4.78, 5) is 10.8. The van der Waals surface area contributed by atoms with E-state index in [9.17, 15) is 18.0 Å². The first kappa shape index (κ1) is 14.9. The van der Waals surface area contributed by atoms with E-state index in [0.717, 1.165) is 12.1 Å². The number of carbonyl (C=O) groups is 1. The van der Waals surface area contributed by atoms with Crippen molar-refractivity contribution in [2.75, 3.05) is 5.32 Å². The summed E-state index contributed by atoms with van der Waals surface area (Å²) in [5.41, 5.74) is -1.31. The Morgan fingerprint density at radius 2 is 2.10 bits per heavy atom. The van der Waals surface area contributed by atoms with E-state index in [1.54, 1.807) is 10.9 Å². The lowest BCUT2D eigenvalue weighted by molar-refractivity contribution is -0.138. The highest BCUT2D eigenvalue weighted by Gasteiger charge is 2.35.